The van der Waals surface area contributed by atoms with Crippen LogP contribution in [0.3, 0.4) is 0 Å². The van der Waals surface area contributed by atoms with Crippen LogP contribution in [0.5, 0.6) is 0 Å². The molecule has 1 aliphatic carbocycles. The van der Waals surface area contributed by atoms with Gasteiger partial charge in [0.1, 0.15) is 4.75 Å². The first kappa shape index (κ1) is 13.1. The number of primary sulfonamides is 1. The van der Waals surface area contributed by atoms with E-state index in [-0.39, 0.29) is 0 Å². The number of hydrogen-bond donors (Lipinski definition) is 1. The summed E-state index contributed by atoms with van der Waals surface area (Å²) in [5.74, 6) is 0. The Balaban J connectivity index is 2.48. The monoisotopic (exact) mass is 263 g/mol. The first-order valence-electron chi connectivity index (χ1n) is 5.80. The molecule has 0 fully saturated rings. The van der Waals surface area contributed by atoms with E-state index in [2.05, 4.69) is 0 Å². The summed E-state index contributed by atoms with van der Waals surface area (Å²) < 4.78 is 22.4. The Kier molecular flexibility index (Phi) is 3.17. The lowest BCUT2D eigenvalue weighted by atomic mass is 9.86. The molecule has 2 N–H and O–H groups in total. The molecule has 0 amide bonds. The molecule has 1 aliphatic rings. The highest BCUT2D eigenvalue weighted by Crippen LogP contribution is 2.36. The van der Waals surface area contributed by atoms with E-state index in [1.54, 1.807) is 13.0 Å². The third kappa shape index (κ3) is 2.26. The average Bonchev–Trinajstić information content (AvgIpc) is 2.32. The maximum absolute atomic E-state index is 11.7. The molecule has 0 aliphatic heterocycles. The molecular formula is C14H17NO2S. The second-order valence-electron chi connectivity index (χ2n) is 4.90. The molecule has 0 radical (unpaired) electrons. The Morgan fingerprint density at radius 3 is 2.39 bits per heavy atom. The van der Waals surface area contributed by atoms with E-state index in [0.29, 0.717) is 6.42 Å². The molecule has 3 nitrogen and oxygen atoms in total. The minimum Gasteiger partial charge on any atom is -0.228 e. The van der Waals surface area contributed by atoms with Crippen molar-refractivity contribution in [1.29, 1.82) is 0 Å². The summed E-state index contributed by atoms with van der Waals surface area (Å²) in [4.78, 5) is 0. The van der Waals surface area contributed by atoms with Crippen LogP contribution in [0.1, 0.15) is 25.8 Å². The van der Waals surface area contributed by atoms with Gasteiger partial charge in [0, 0.05) is 0 Å². The first-order chi connectivity index (χ1) is 8.33. The van der Waals surface area contributed by atoms with Crippen molar-refractivity contribution in [2.45, 2.75) is 25.0 Å². The molecule has 96 valence electrons. The molecule has 0 aromatic heterocycles. The van der Waals surface area contributed by atoms with Gasteiger partial charge in [-0.1, -0.05) is 42.5 Å². The van der Waals surface area contributed by atoms with E-state index < -0.39 is 14.8 Å². The van der Waals surface area contributed by atoms with Crippen LogP contribution >= 0.6 is 0 Å². The third-order valence-electron chi connectivity index (χ3n) is 3.46. The summed E-state index contributed by atoms with van der Waals surface area (Å²) in [6.45, 7) is 3.65. The summed E-state index contributed by atoms with van der Waals surface area (Å²) >= 11 is 0. The van der Waals surface area contributed by atoms with Crippen molar-refractivity contribution in [2.24, 2.45) is 5.14 Å². The molecule has 1 aromatic carbocycles. The second kappa shape index (κ2) is 4.37. The normalized spacial score (nSPS) is 24.4. The van der Waals surface area contributed by atoms with Crippen molar-refractivity contribution in [3.63, 3.8) is 0 Å². The Bertz CT molecular complexity index is 614. The molecule has 0 saturated heterocycles. The minimum absolute atomic E-state index is 0.415. The highest BCUT2D eigenvalue weighted by Gasteiger charge is 2.37. The molecular weight excluding hydrogens is 246 g/mol. The first-order valence-corrected chi connectivity index (χ1v) is 7.35. The highest BCUT2D eigenvalue weighted by atomic mass is 32.2. The Labute approximate surface area is 108 Å². The van der Waals surface area contributed by atoms with Crippen molar-refractivity contribution in [1.82, 2.24) is 0 Å². The molecule has 0 bridgehead atoms. The third-order valence-corrected chi connectivity index (χ3v) is 5.04. The van der Waals surface area contributed by atoms with Gasteiger partial charge < -0.3 is 0 Å². The highest BCUT2D eigenvalue weighted by molar-refractivity contribution is 7.90. The zero-order valence-corrected chi connectivity index (χ0v) is 11.4. The molecule has 18 heavy (non-hydrogen) atoms. The summed E-state index contributed by atoms with van der Waals surface area (Å²) in [6.07, 6.45) is 3.94. The quantitative estimate of drug-likeness (QED) is 0.891. The van der Waals surface area contributed by atoms with Crippen LogP contribution in [0.15, 0.2) is 48.1 Å². The standard InChI is InChI=1S/C14H17NO2S/c1-11-8-9-14(2,18(15,16)17)10-13(11)12-6-4-3-5-7-12/h3-9H,10H2,1-2H3,(H2,15,16,17). The van der Waals surface area contributed by atoms with Gasteiger partial charge in [0.25, 0.3) is 0 Å². The number of nitrogens with two attached hydrogens (primary N) is 1. The van der Waals surface area contributed by atoms with Crippen LogP contribution in [0.2, 0.25) is 0 Å². The van der Waals surface area contributed by atoms with Gasteiger partial charge in [0.2, 0.25) is 10.0 Å². The van der Waals surface area contributed by atoms with Gasteiger partial charge in [-0.05, 0) is 37.0 Å². The molecule has 4 heteroatoms. The second-order valence-corrected chi connectivity index (χ2v) is 6.92. The Morgan fingerprint density at radius 2 is 1.83 bits per heavy atom. The number of rotatable bonds is 2. The smallest absolute Gasteiger partial charge is 0.218 e. The molecule has 1 atom stereocenters. The van der Waals surface area contributed by atoms with Gasteiger partial charge in [0.05, 0.1) is 0 Å². The molecule has 0 saturated carbocycles. The predicted molar refractivity (Wildman–Crippen MR) is 74.3 cm³/mol. The number of sulfonamides is 1. The van der Waals surface area contributed by atoms with Crippen molar-refractivity contribution in [3.8, 4) is 0 Å². The topological polar surface area (TPSA) is 60.2 Å². The Hall–Kier alpha value is -1.39. The van der Waals surface area contributed by atoms with Crippen LogP contribution < -0.4 is 5.14 Å². The average molecular weight is 263 g/mol. The molecule has 0 spiro atoms. The fraction of sp³-hybridized carbons (Fsp3) is 0.286. The van der Waals surface area contributed by atoms with Crippen LogP contribution in [0, 0.1) is 0 Å². The number of hydrogen-bond acceptors (Lipinski definition) is 2. The van der Waals surface area contributed by atoms with E-state index in [9.17, 15) is 8.42 Å². The van der Waals surface area contributed by atoms with Crippen LogP contribution in [0.4, 0.5) is 0 Å². The van der Waals surface area contributed by atoms with E-state index in [1.165, 1.54) is 0 Å². The zero-order chi connectivity index (χ0) is 13.4. The lowest BCUT2D eigenvalue weighted by Gasteiger charge is -2.29. The van der Waals surface area contributed by atoms with Crippen molar-refractivity contribution < 1.29 is 8.42 Å². The van der Waals surface area contributed by atoms with Crippen LogP contribution in [-0.2, 0) is 10.0 Å². The Morgan fingerprint density at radius 1 is 1.22 bits per heavy atom. The van der Waals surface area contributed by atoms with Crippen LogP contribution in [0.25, 0.3) is 5.57 Å². The SMILES string of the molecule is CC1=C(c2ccccc2)CC(C)(S(N)(=O)=O)C=C1. The molecule has 2 rings (SSSR count). The largest absolute Gasteiger partial charge is 0.228 e. The van der Waals surface area contributed by atoms with E-state index in [1.807, 2.05) is 43.3 Å². The predicted octanol–water partition coefficient (Wildman–Crippen LogP) is 2.47. The summed E-state index contributed by atoms with van der Waals surface area (Å²) in [7, 11) is -3.61. The van der Waals surface area contributed by atoms with Gasteiger partial charge in [-0.15, -0.1) is 0 Å². The van der Waals surface area contributed by atoms with Crippen molar-refractivity contribution >= 4 is 15.6 Å². The van der Waals surface area contributed by atoms with Gasteiger partial charge in [-0.25, -0.2) is 13.6 Å². The fourth-order valence-electron chi connectivity index (χ4n) is 2.12. The maximum Gasteiger partial charge on any atom is 0.218 e. The summed E-state index contributed by atoms with van der Waals surface area (Å²) in [6, 6.07) is 9.81. The van der Waals surface area contributed by atoms with Gasteiger partial charge >= 0.3 is 0 Å². The number of allylic oxidation sites excluding steroid dienone is 3. The lowest BCUT2D eigenvalue weighted by Crippen LogP contribution is -2.40. The molecule has 1 unspecified atom stereocenters. The van der Waals surface area contributed by atoms with Crippen LogP contribution in [-0.4, -0.2) is 13.2 Å². The van der Waals surface area contributed by atoms with E-state index >= 15 is 0 Å². The van der Waals surface area contributed by atoms with Gasteiger partial charge in [-0.2, -0.15) is 0 Å². The van der Waals surface area contributed by atoms with Gasteiger partial charge in [0.15, 0.2) is 0 Å². The summed E-state index contributed by atoms with van der Waals surface area (Å²) in [5.41, 5.74) is 3.17. The number of benzene rings is 1. The lowest BCUT2D eigenvalue weighted by molar-refractivity contribution is 0.565. The van der Waals surface area contributed by atoms with E-state index in [4.69, 9.17) is 5.14 Å². The summed E-state index contributed by atoms with van der Waals surface area (Å²) in [5, 5.41) is 5.33. The van der Waals surface area contributed by atoms with E-state index in [0.717, 1.165) is 16.7 Å². The zero-order valence-electron chi connectivity index (χ0n) is 10.6. The fourth-order valence-corrected chi connectivity index (χ4v) is 2.72. The minimum atomic E-state index is -3.61. The van der Waals surface area contributed by atoms with Crippen molar-refractivity contribution in [2.75, 3.05) is 0 Å². The van der Waals surface area contributed by atoms with Crippen molar-refractivity contribution in [3.05, 3.63) is 53.6 Å². The maximum atomic E-state index is 11.7. The molecule has 1 aromatic rings. The molecule has 0 heterocycles. The van der Waals surface area contributed by atoms with Gasteiger partial charge in [-0.3, -0.25) is 0 Å².